The van der Waals surface area contributed by atoms with Gasteiger partial charge in [-0.3, -0.25) is 0 Å². The van der Waals surface area contributed by atoms with Crippen molar-refractivity contribution in [3.05, 3.63) is 53.0 Å². The van der Waals surface area contributed by atoms with Gasteiger partial charge in [-0.15, -0.1) is 0 Å². The van der Waals surface area contributed by atoms with Gasteiger partial charge in [-0.2, -0.15) is 0 Å². The zero-order chi connectivity index (χ0) is 14.8. The van der Waals surface area contributed by atoms with Gasteiger partial charge in [0.25, 0.3) is 0 Å². The number of fused-ring (bicyclic) bond motifs is 1. The lowest BCUT2D eigenvalue weighted by molar-refractivity contribution is 0.177. The summed E-state index contributed by atoms with van der Waals surface area (Å²) in [6, 6.07) is 10.6. The first kappa shape index (κ1) is 14.2. The van der Waals surface area contributed by atoms with Gasteiger partial charge >= 0.3 is 0 Å². The van der Waals surface area contributed by atoms with Crippen LogP contribution in [0, 0.1) is 13.8 Å². The van der Waals surface area contributed by atoms with Crippen LogP contribution in [0.15, 0.2) is 34.7 Å². The molecule has 0 radical (unpaired) electrons. The molecule has 0 saturated carbocycles. The third-order valence-electron chi connectivity index (χ3n) is 4.07. The predicted octanol–water partition coefficient (Wildman–Crippen LogP) is 3.94. The van der Waals surface area contributed by atoms with Crippen LogP contribution in [0.1, 0.15) is 42.0 Å². The average molecular weight is 285 g/mol. The zero-order valence-electron chi connectivity index (χ0n) is 13.0. The molecule has 21 heavy (non-hydrogen) atoms. The number of nitrogens with one attached hydrogen (secondary N) is 1. The molecular weight excluding hydrogens is 262 g/mol. The van der Waals surface area contributed by atoms with Gasteiger partial charge in [-0.05, 0) is 44.5 Å². The Balaban J connectivity index is 1.86. The molecule has 1 aliphatic heterocycles. The molecule has 1 aromatic carbocycles. The van der Waals surface area contributed by atoms with Crippen LogP contribution in [-0.4, -0.2) is 12.6 Å². The SMILES string of the molecule is CCCNC(c1cc(C)oc1C)C1Cc2ccccc2O1. The Kier molecular flexibility index (Phi) is 4.02. The highest BCUT2D eigenvalue weighted by Gasteiger charge is 2.32. The quantitative estimate of drug-likeness (QED) is 0.903. The summed E-state index contributed by atoms with van der Waals surface area (Å²) in [5.74, 6) is 2.96. The summed E-state index contributed by atoms with van der Waals surface area (Å²) in [4.78, 5) is 0. The van der Waals surface area contributed by atoms with Crippen molar-refractivity contribution in [2.75, 3.05) is 6.54 Å². The first-order valence-electron chi connectivity index (χ1n) is 7.74. The summed E-state index contributed by atoms with van der Waals surface area (Å²) in [6.07, 6.45) is 2.18. The molecule has 2 unspecified atom stereocenters. The van der Waals surface area contributed by atoms with Crippen LogP contribution < -0.4 is 10.1 Å². The van der Waals surface area contributed by atoms with Crippen LogP contribution in [0.5, 0.6) is 5.75 Å². The minimum atomic E-state index is 0.129. The van der Waals surface area contributed by atoms with E-state index in [-0.39, 0.29) is 12.1 Å². The van der Waals surface area contributed by atoms with Gasteiger partial charge in [0.15, 0.2) is 0 Å². The van der Waals surface area contributed by atoms with Gasteiger partial charge in [0, 0.05) is 12.0 Å². The number of benzene rings is 1. The fourth-order valence-corrected chi connectivity index (χ4v) is 3.10. The van der Waals surface area contributed by atoms with Crippen LogP contribution in [0.2, 0.25) is 0 Å². The van der Waals surface area contributed by atoms with Crippen molar-refractivity contribution in [2.24, 2.45) is 0 Å². The van der Waals surface area contributed by atoms with Gasteiger partial charge < -0.3 is 14.5 Å². The van der Waals surface area contributed by atoms with Crippen molar-refractivity contribution in [1.29, 1.82) is 0 Å². The molecule has 0 aliphatic carbocycles. The number of rotatable bonds is 5. The Morgan fingerprint density at radius 3 is 2.76 bits per heavy atom. The second kappa shape index (κ2) is 5.94. The third kappa shape index (κ3) is 2.84. The first-order chi connectivity index (χ1) is 10.2. The topological polar surface area (TPSA) is 34.4 Å². The lowest BCUT2D eigenvalue weighted by Crippen LogP contribution is -2.35. The maximum Gasteiger partial charge on any atom is 0.123 e. The van der Waals surface area contributed by atoms with E-state index in [0.717, 1.165) is 36.7 Å². The van der Waals surface area contributed by atoms with Crippen molar-refractivity contribution >= 4 is 0 Å². The summed E-state index contributed by atoms with van der Waals surface area (Å²) < 4.78 is 11.9. The molecule has 0 bridgehead atoms. The van der Waals surface area contributed by atoms with Crippen LogP contribution in [0.3, 0.4) is 0 Å². The van der Waals surface area contributed by atoms with Crippen LogP contribution >= 0.6 is 0 Å². The van der Waals surface area contributed by atoms with Crippen molar-refractivity contribution in [2.45, 2.75) is 45.8 Å². The number of aryl methyl sites for hydroxylation is 2. The van der Waals surface area contributed by atoms with E-state index < -0.39 is 0 Å². The fraction of sp³-hybridized carbons (Fsp3) is 0.444. The maximum atomic E-state index is 6.18. The Morgan fingerprint density at radius 1 is 1.29 bits per heavy atom. The third-order valence-corrected chi connectivity index (χ3v) is 4.07. The zero-order valence-corrected chi connectivity index (χ0v) is 13.0. The minimum Gasteiger partial charge on any atom is -0.488 e. The average Bonchev–Trinajstić information content (AvgIpc) is 3.03. The molecule has 2 aromatic rings. The Bertz CT molecular complexity index is 592. The molecule has 0 spiro atoms. The lowest BCUT2D eigenvalue weighted by Gasteiger charge is -2.24. The molecule has 1 aliphatic rings. The molecule has 0 saturated heterocycles. The smallest absolute Gasteiger partial charge is 0.123 e. The maximum absolute atomic E-state index is 6.18. The molecule has 1 aromatic heterocycles. The van der Waals surface area contributed by atoms with Crippen molar-refractivity contribution < 1.29 is 9.15 Å². The van der Waals surface area contributed by atoms with E-state index in [4.69, 9.17) is 9.15 Å². The molecule has 3 heteroatoms. The number of para-hydroxylation sites is 1. The molecular formula is C18H23NO2. The Labute approximate surface area is 126 Å². The minimum absolute atomic E-state index is 0.129. The summed E-state index contributed by atoms with van der Waals surface area (Å²) in [5.41, 5.74) is 2.52. The summed E-state index contributed by atoms with van der Waals surface area (Å²) >= 11 is 0. The van der Waals surface area contributed by atoms with Crippen molar-refractivity contribution in [3.63, 3.8) is 0 Å². The Morgan fingerprint density at radius 2 is 2.10 bits per heavy atom. The van der Waals surface area contributed by atoms with E-state index in [1.54, 1.807) is 0 Å². The number of hydrogen-bond donors (Lipinski definition) is 1. The lowest BCUT2D eigenvalue weighted by atomic mass is 9.97. The van der Waals surface area contributed by atoms with Gasteiger partial charge in [0.1, 0.15) is 23.4 Å². The molecule has 112 valence electrons. The molecule has 3 rings (SSSR count). The molecule has 1 N–H and O–H groups in total. The molecule has 2 heterocycles. The van der Waals surface area contributed by atoms with E-state index in [9.17, 15) is 0 Å². The number of furan rings is 1. The van der Waals surface area contributed by atoms with Crippen LogP contribution in [-0.2, 0) is 6.42 Å². The second-order valence-electron chi connectivity index (χ2n) is 5.77. The van der Waals surface area contributed by atoms with Gasteiger partial charge in [0.2, 0.25) is 0 Å². The molecule has 0 amide bonds. The van der Waals surface area contributed by atoms with E-state index in [1.807, 2.05) is 19.9 Å². The van der Waals surface area contributed by atoms with Crippen LogP contribution in [0.25, 0.3) is 0 Å². The predicted molar refractivity (Wildman–Crippen MR) is 83.8 cm³/mol. The second-order valence-corrected chi connectivity index (χ2v) is 5.77. The normalized spacial score (nSPS) is 18.3. The van der Waals surface area contributed by atoms with E-state index in [0.29, 0.717) is 0 Å². The van der Waals surface area contributed by atoms with Gasteiger partial charge in [-0.1, -0.05) is 25.1 Å². The van der Waals surface area contributed by atoms with E-state index in [2.05, 4.69) is 36.5 Å². The highest BCUT2D eigenvalue weighted by Crippen LogP contribution is 2.35. The first-order valence-corrected chi connectivity index (χ1v) is 7.74. The number of ether oxygens (including phenoxy) is 1. The van der Waals surface area contributed by atoms with Crippen molar-refractivity contribution in [1.82, 2.24) is 5.32 Å². The largest absolute Gasteiger partial charge is 0.488 e. The Hall–Kier alpha value is -1.74. The van der Waals surface area contributed by atoms with Crippen LogP contribution in [0.4, 0.5) is 0 Å². The highest BCUT2D eigenvalue weighted by atomic mass is 16.5. The fourth-order valence-electron chi connectivity index (χ4n) is 3.10. The summed E-state index contributed by atoms with van der Waals surface area (Å²) in [5, 5.41) is 3.63. The summed E-state index contributed by atoms with van der Waals surface area (Å²) in [6.45, 7) is 7.19. The standard InChI is InChI=1S/C18H23NO2/c1-4-9-19-18(15-10-12(2)20-13(15)3)17-11-14-7-5-6-8-16(14)21-17/h5-8,10,17-19H,4,9,11H2,1-3H3. The summed E-state index contributed by atoms with van der Waals surface area (Å²) in [7, 11) is 0. The van der Waals surface area contributed by atoms with Crippen molar-refractivity contribution in [3.8, 4) is 5.75 Å². The molecule has 0 fully saturated rings. The highest BCUT2D eigenvalue weighted by molar-refractivity contribution is 5.39. The molecule has 2 atom stereocenters. The molecule has 3 nitrogen and oxygen atoms in total. The van der Waals surface area contributed by atoms with E-state index >= 15 is 0 Å². The van der Waals surface area contributed by atoms with Gasteiger partial charge in [-0.25, -0.2) is 0 Å². The van der Waals surface area contributed by atoms with Gasteiger partial charge in [0.05, 0.1) is 6.04 Å². The van der Waals surface area contributed by atoms with E-state index in [1.165, 1.54) is 11.1 Å². The number of hydrogen-bond acceptors (Lipinski definition) is 3. The monoisotopic (exact) mass is 285 g/mol.